The number of carbonyl (C=O) groups excluding carboxylic acids is 1. The molecule has 1 amide bonds. The Balaban J connectivity index is 2.41. The lowest BCUT2D eigenvalue weighted by Gasteiger charge is -2.31. The first-order chi connectivity index (χ1) is 4.88. The van der Waals surface area contributed by atoms with E-state index in [2.05, 4.69) is 6.92 Å². The number of nitrogens with zero attached hydrogens (tertiary/aromatic N) is 1. The molecule has 1 heterocycles. The van der Waals surface area contributed by atoms with Crippen molar-refractivity contribution in [2.75, 3.05) is 6.54 Å². The highest BCUT2D eigenvalue weighted by Crippen LogP contribution is 2.16. The molecule has 1 rings (SSSR count). The summed E-state index contributed by atoms with van der Waals surface area (Å²) < 4.78 is 0. The number of amides is 1. The first kappa shape index (κ1) is 7.58. The van der Waals surface area contributed by atoms with E-state index >= 15 is 0 Å². The van der Waals surface area contributed by atoms with E-state index in [1.807, 2.05) is 4.90 Å². The zero-order valence-corrected chi connectivity index (χ0v) is 6.55. The van der Waals surface area contributed by atoms with Crippen molar-refractivity contribution in [3.8, 4) is 0 Å². The molecule has 1 aliphatic rings. The third-order valence-electron chi connectivity index (χ3n) is 2.28. The quantitative estimate of drug-likeness (QED) is 0.532. The normalized spacial score (nSPS) is 26.5. The van der Waals surface area contributed by atoms with Crippen LogP contribution in [0.3, 0.4) is 0 Å². The van der Waals surface area contributed by atoms with Crippen LogP contribution in [0, 0.1) is 0 Å². The van der Waals surface area contributed by atoms with E-state index in [1.54, 1.807) is 0 Å². The van der Waals surface area contributed by atoms with Crippen LogP contribution in [-0.2, 0) is 4.79 Å². The number of likely N-dealkylation sites (tertiary alicyclic amines) is 1. The molecule has 1 saturated heterocycles. The molecular formula is C8H15NO. The number of hydrogen-bond acceptors (Lipinski definition) is 1. The van der Waals surface area contributed by atoms with Gasteiger partial charge >= 0.3 is 0 Å². The first-order valence-corrected chi connectivity index (χ1v) is 4.09. The van der Waals surface area contributed by atoms with Crippen LogP contribution >= 0.6 is 0 Å². The van der Waals surface area contributed by atoms with Crippen molar-refractivity contribution < 1.29 is 4.79 Å². The minimum absolute atomic E-state index is 0.534. The van der Waals surface area contributed by atoms with Crippen molar-refractivity contribution in [3.05, 3.63) is 0 Å². The van der Waals surface area contributed by atoms with E-state index in [1.165, 1.54) is 19.3 Å². The lowest BCUT2D eigenvalue weighted by molar-refractivity contribution is -0.121. The summed E-state index contributed by atoms with van der Waals surface area (Å²) in [5.41, 5.74) is 0. The Labute approximate surface area is 62.2 Å². The van der Waals surface area contributed by atoms with Gasteiger partial charge in [0.15, 0.2) is 0 Å². The molecule has 0 aromatic carbocycles. The van der Waals surface area contributed by atoms with Gasteiger partial charge in [-0.3, -0.25) is 4.79 Å². The van der Waals surface area contributed by atoms with Crippen molar-refractivity contribution in [2.45, 2.75) is 38.6 Å². The van der Waals surface area contributed by atoms with Crippen LogP contribution in [0.25, 0.3) is 0 Å². The van der Waals surface area contributed by atoms with Crippen LogP contribution in [0.5, 0.6) is 0 Å². The molecule has 58 valence electrons. The molecule has 1 aliphatic heterocycles. The molecule has 0 aliphatic carbocycles. The third-order valence-corrected chi connectivity index (χ3v) is 2.28. The summed E-state index contributed by atoms with van der Waals surface area (Å²) in [6, 6.07) is 0.534. The zero-order chi connectivity index (χ0) is 7.40. The topological polar surface area (TPSA) is 20.3 Å². The predicted molar refractivity (Wildman–Crippen MR) is 40.7 cm³/mol. The smallest absolute Gasteiger partial charge is 0.209 e. The summed E-state index contributed by atoms with van der Waals surface area (Å²) in [4.78, 5) is 12.4. The van der Waals surface area contributed by atoms with Crippen molar-refractivity contribution in [1.29, 1.82) is 0 Å². The fourth-order valence-corrected chi connectivity index (χ4v) is 1.60. The summed E-state index contributed by atoms with van der Waals surface area (Å²) >= 11 is 0. The molecule has 0 spiro atoms. The highest BCUT2D eigenvalue weighted by atomic mass is 16.1. The third kappa shape index (κ3) is 1.49. The number of rotatable bonds is 2. The summed E-state index contributed by atoms with van der Waals surface area (Å²) in [5.74, 6) is 0. The zero-order valence-electron chi connectivity index (χ0n) is 6.55. The van der Waals surface area contributed by atoms with E-state index in [0.29, 0.717) is 6.04 Å². The Bertz CT molecular complexity index is 114. The molecule has 1 atom stereocenters. The van der Waals surface area contributed by atoms with Crippen LogP contribution in [0.15, 0.2) is 0 Å². The van der Waals surface area contributed by atoms with Crippen molar-refractivity contribution >= 4 is 6.41 Å². The largest absolute Gasteiger partial charge is 0.342 e. The molecule has 0 aromatic heterocycles. The summed E-state index contributed by atoms with van der Waals surface area (Å²) in [6.07, 6.45) is 5.79. The van der Waals surface area contributed by atoms with Crippen LogP contribution in [0.2, 0.25) is 0 Å². The summed E-state index contributed by atoms with van der Waals surface area (Å²) in [5, 5.41) is 0. The average molecular weight is 141 g/mol. The average Bonchev–Trinajstić information content (AvgIpc) is 2.04. The molecule has 0 bridgehead atoms. The summed E-state index contributed by atoms with van der Waals surface area (Å²) in [6.45, 7) is 3.12. The maximum absolute atomic E-state index is 10.5. The van der Waals surface area contributed by atoms with Crippen LogP contribution in [0.4, 0.5) is 0 Å². The minimum atomic E-state index is 0.534. The first-order valence-electron chi connectivity index (χ1n) is 4.09. The van der Waals surface area contributed by atoms with E-state index in [0.717, 1.165) is 19.4 Å². The molecule has 1 fully saturated rings. The van der Waals surface area contributed by atoms with E-state index in [9.17, 15) is 4.79 Å². The molecule has 0 saturated carbocycles. The van der Waals surface area contributed by atoms with Crippen molar-refractivity contribution in [2.24, 2.45) is 0 Å². The van der Waals surface area contributed by atoms with Crippen molar-refractivity contribution in [3.63, 3.8) is 0 Å². The highest BCUT2D eigenvalue weighted by Gasteiger charge is 2.17. The molecule has 0 N–H and O–H groups in total. The van der Waals surface area contributed by atoms with Gasteiger partial charge in [-0.1, -0.05) is 6.92 Å². The molecular weight excluding hydrogens is 126 g/mol. The van der Waals surface area contributed by atoms with Gasteiger partial charge in [-0.05, 0) is 25.7 Å². The molecule has 0 radical (unpaired) electrons. The lowest BCUT2D eigenvalue weighted by atomic mass is 10.0. The minimum Gasteiger partial charge on any atom is -0.342 e. The molecule has 0 aromatic rings. The number of carbonyl (C=O) groups is 1. The Hall–Kier alpha value is -0.530. The Morgan fingerprint density at radius 1 is 1.60 bits per heavy atom. The van der Waals surface area contributed by atoms with Gasteiger partial charge in [0.25, 0.3) is 0 Å². The predicted octanol–water partition coefficient (Wildman–Crippen LogP) is 1.41. The van der Waals surface area contributed by atoms with Gasteiger partial charge in [-0.15, -0.1) is 0 Å². The van der Waals surface area contributed by atoms with Gasteiger partial charge in [0, 0.05) is 12.6 Å². The van der Waals surface area contributed by atoms with Crippen LogP contribution in [0.1, 0.15) is 32.6 Å². The van der Waals surface area contributed by atoms with Gasteiger partial charge in [0.2, 0.25) is 6.41 Å². The highest BCUT2D eigenvalue weighted by molar-refractivity contribution is 5.47. The molecule has 1 unspecified atom stereocenters. The second kappa shape index (κ2) is 3.59. The maximum atomic E-state index is 10.5. The van der Waals surface area contributed by atoms with Gasteiger partial charge in [-0.2, -0.15) is 0 Å². The van der Waals surface area contributed by atoms with E-state index in [-0.39, 0.29) is 0 Å². The molecule has 2 heteroatoms. The number of hydrogen-bond donors (Lipinski definition) is 0. The lowest BCUT2D eigenvalue weighted by Crippen LogP contribution is -2.37. The maximum Gasteiger partial charge on any atom is 0.209 e. The molecule has 2 nitrogen and oxygen atoms in total. The number of piperidine rings is 1. The van der Waals surface area contributed by atoms with Crippen LogP contribution in [-0.4, -0.2) is 23.9 Å². The second-order valence-electron chi connectivity index (χ2n) is 2.90. The fourth-order valence-electron chi connectivity index (χ4n) is 1.60. The molecule has 10 heavy (non-hydrogen) atoms. The fraction of sp³-hybridized carbons (Fsp3) is 0.875. The Morgan fingerprint density at radius 3 is 2.90 bits per heavy atom. The van der Waals surface area contributed by atoms with Gasteiger partial charge < -0.3 is 4.90 Å². The Kier molecular flexibility index (Phi) is 2.72. The standard InChI is InChI=1S/C8H15NO/c1-2-8-5-3-4-6-9(8)7-10/h7-8H,2-6H2,1H3. The second-order valence-corrected chi connectivity index (χ2v) is 2.90. The van der Waals surface area contributed by atoms with Gasteiger partial charge in [0.05, 0.1) is 0 Å². The van der Waals surface area contributed by atoms with E-state index < -0.39 is 0 Å². The van der Waals surface area contributed by atoms with Gasteiger partial charge in [-0.25, -0.2) is 0 Å². The SMILES string of the molecule is CCC1CCCCN1C=O. The monoisotopic (exact) mass is 141 g/mol. The Morgan fingerprint density at radius 2 is 2.40 bits per heavy atom. The van der Waals surface area contributed by atoms with Crippen LogP contribution < -0.4 is 0 Å². The van der Waals surface area contributed by atoms with Gasteiger partial charge in [0.1, 0.15) is 0 Å². The summed E-state index contributed by atoms with van der Waals surface area (Å²) in [7, 11) is 0. The van der Waals surface area contributed by atoms with E-state index in [4.69, 9.17) is 0 Å². The van der Waals surface area contributed by atoms with Crippen molar-refractivity contribution in [1.82, 2.24) is 4.90 Å².